The number of carbonyl (C=O) groups excluding carboxylic acids is 1. The fourth-order valence-electron chi connectivity index (χ4n) is 1.20. The number of halogens is 2. The fraction of sp³-hybridized carbons (Fsp3) is 0.364. The number of rotatable bonds is 5. The Morgan fingerprint density at radius 3 is 2.87 bits per heavy atom. The minimum absolute atomic E-state index is 0.00718. The summed E-state index contributed by atoms with van der Waals surface area (Å²) in [4.78, 5) is 11.6. The van der Waals surface area contributed by atoms with E-state index in [1.54, 1.807) is 0 Å². The maximum absolute atomic E-state index is 13.0. The Hall–Kier alpha value is -0.900. The molecule has 0 saturated carbocycles. The van der Waals surface area contributed by atoms with Gasteiger partial charge in [0.2, 0.25) is 0 Å². The predicted molar refractivity (Wildman–Crippen MR) is 60.3 cm³/mol. The molecule has 0 N–H and O–H groups in total. The molecule has 0 radical (unpaired) electrons. The molecule has 0 aliphatic carbocycles. The van der Waals surface area contributed by atoms with Crippen molar-refractivity contribution < 1.29 is 13.9 Å². The smallest absolute Gasteiger partial charge is 0.165 e. The van der Waals surface area contributed by atoms with Gasteiger partial charge in [0.1, 0.15) is 0 Å². The van der Waals surface area contributed by atoms with Gasteiger partial charge >= 0.3 is 0 Å². The molecule has 1 rings (SSSR count). The maximum atomic E-state index is 13.0. The summed E-state index contributed by atoms with van der Waals surface area (Å²) in [5, 5.41) is 0.789. The molecule has 0 aromatic heterocycles. The zero-order valence-corrected chi connectivity index (χ0v) is 10.0. The molecule has 0 heterocycles. The number of benzene rings is 1. The second kappa shape index (κ2) is 5.85. The summed E-state index contributed by atoms with van der Waals surface area (Å²) in [5.41, 5.74) is 0.495. The van der Waals surface area contributed by atoms with E-state index >= 15 is 0 Å². The first-order chi connectivity index (χ1) is 7.19. The lowest BCUT2D eigenvalue weighted by Crippen LogP contribution is -2.00. The third-order valence-corrected chi connectivity index (χ3v) is 2.57. The molecular weight excluding hydrogens is 263 g/mol. The summed E-state index contributed by atoms with van der Waals surface area (Å²) in [6, 6.07) is 4.17. The molecular formula is C11H12BrFO2. The van der Waals surface area contributed by atoms with Crippen molar-refractivity contribution in [2.75, 3.05) is 12.4 Å². The van der Waals surface area contributed by atoms with E-state index in [-0.39, 0.29) is 11.5 Å². The van der Waals surface area contributed by atoms with Crippen LogP contribution in [0.1, 0.15) is 23.2 Å². The third-order valence-electron chi connectivity index (χ3n) is 2.01. The number of ketones is 1. The molecule has 0 atom stereocenters. The van der Waals surface area contributed by atoms with Gasteiger partial charge in [-0.1, -0.05) is 15.9 Å². The first kappa shape index (κ1) is 12.2. The van der Waals surface area contributed by atoms with E-state index in [1.165, 1.54) is 25.3 Å². The Labute approximate surface area is 96.6 Å². The van der Waals surface area contributed by atoms with E-state index < -0.39 is 5.82 Å². The Bertz CT molecular complexity index is 352. The lowest BCUT2D eigenvalue weighted by atomic mass is 10.1. The van der Waals surface area contributed by atoms with Crippen LogP contribution in [0, 0.1) is 5.82 Å². The van der Waals surface area contributed by atoms with Crippen molar-refractivity contribution in [3.05, 3.63) is 29.6 Å². The van der Waals surface area contributed by atoms with Crippen molar-refractivity contribution >= 4 is 21.7 Å². The zero-order valence-electron chi connectivity index (χ0n) is 8.43. The molecule has 15 heavy (non-hydrogen) atoms. The highest BCUT2D eigenvalue weighted by Gasteiger charge is 2.09. The topological polar surface area (TPSA) is 26.3 Å². The van der Waals surface area contributed by atoms with Gasteiger partial charge in [-0.25, -0.2) is 4.39 Å². The number of ether oxygens (including phenoxy) is 1. The average molecular weight is 275 g/mol. The normalized spacial score (nSPS) is 10.1. The monoisotopic (exact) mass is 274 g/mol. The summed E-state index contributed by atoms with van der Waals surface area (Å²) in [5.74, 6) is -0.331. The van der Waals surface area contributed by atoms with Crippen molar-refractivity contribution in [3.8, 4) is 5.75 Å². The van der Waals surface area contributed by atoms with Crippen molar-refractivity contribution in [3.63, 3.8) is 0 Å². The van der Waals surface area contributed by atoms with Gasteiger partial charge in [0.05, 0.1) is 7.11 Å². The second-order valence-corrected chi connectivity index (χ2v) is 3.86. The summed E-state index contributed by atoms with van der Waals surface area (Å²) < 4.78 is 17.8. The lowest BCUT2D eigenvalue weighted by Gasteiger charge is -2.04. The van der Waals surface area contributed by atoms with Crippen LogP contribution in [0.25, 0.3) is 0 Å². The van der Waals surface area contributed by atoms with Crippen molar-refractivity contribution in [1.82, 2.24) is 0 Å². The van der Waals surface area contributed by atoms with Crippen LogP contribution < -0.4 is 4.74 Å². The highest BCUT2D eigenvalue weighted by Crippen LogP contribution is 2.19. The Kier molecular flexibility index (Phi) is 4.75. The molecule has 0 spiro atoms. The number of alkyl halides is 1. The highest BCUT2D eigenvalue weighted by molar-refractivity contribution is 9.09. The van der Waals surface area contributed by atoms with Crippen molar-refractivity contribution in [2.45, 2.75) is 12.8 Å². The van der Waals surface area contributed by atoms with Gasteiger partial charge < -0.3 is 4.74 Å². The van der Waals surface area contributed by atoms with Crippen molar-refractivity contribution in [1.29, 1.82) is 0 Å². The Balaban J connectivity index is 2.81. The van der Waals surface area contributed by atoms with E-state index in [0.29, 0.717) is 12.0 Å². The Morgan fingerprint density at radius 1 is 1.53 bits per heavy atom. The van der Waals surface area contributed by atoms with E-state index in [0.717, 1.165) is 11.8 Å². The van der Waals surface area contributed by atoms with Crippen LogP contribution in [0.5, 0.6) is 5.75 Å². The molecule has 82 valence electrons. The van der Waals surface area contributed by atoms with Crippen LogP contribution in [0.3, 0.4) is 0 Å². The number of hydrogen-bond donors (Lipinski definition) is 0. The number of Topliss-reactive ketones (excluding diaryl/α,β-unsaturated/α-hetero) is 1. The van der Waals surface area contributed by atoms with E-state index in [2.05, 4.69) is 15.9 Å². The second-order valence-electron chi connectivity index (χ2n) is 3.07. The molecule has 2 nitrogen and oxygen atoms in total. The van der Waals surface area contributed by atoms with Crippen LogP contribution >= 0.6 is 15.9 Å². The minimum atomic E-state index is -0.449. The Morgan fingerprint density at radius 2 is 2.27 bits per heavy atom. The molecule has 0 bridgehead atoms. The molecule has 0 saturated heterocycles. The number of hydrogen-bond acceptors (Lipinski definition) is 2. The molecule has 0 unspecified atom stereocenters. The number of methoxy groups -OCH3 is 1. The molecule has 0 fully saturated rings. The first-order valence-electron chi connectivity index (χ1n) is 4.61. The van der Waals surface area contributed by atoms with Gasteiger partial charge in [-0.15, -0.1) is 0 Å². The van der Waals surface area contributed by atoms with Crippen LogP contribution in [0.15, 0.2) is 18.2 Å². The van der Waals surface area contributed by atoms with E-state index in [1.807, 2.05) is 0 Å². The highest BCUT2D eigenvalue weighted by atomic mass is 79.9. The third kappa shape index (κ3) is 3.30. The fourth-order valence-corrected chi connectivity index (χ4v) is 1.49. The van der Waals surface area contributed by atoms with Crippen LogP contribution in [0.4, 0.5) is 4.39 Å². The van der Waals surface area contributed by atoms with Gasteiger partial charge in [-0.2, -0.15) is 0 Å². The SMILES string of the molecule is COc1cc(C(=O)CCCBr)ccc1F. The quantitative estimate of drug-likeness (QED) is 0.609. The summed E-state index contributed by atoms with van der Waals surface area (Å²) in [7, 11) is 1.38. The molecule has 1 aromatic carbocycles. The van der Waals surface area contributed by atoms with Gasteiger partial charge in [-0.05, 0) is 24.6 Å². The summed E-state index contributed by atoms with van der Waals surface area (Å²) in [6.07, 6.45) is 1.23. The molecule has 1 aromatic rings. The maximum Gasteiger partial charge on any atom is 0.165 e. The first-order valence-corrected chi connectivity index (χ1v) is 5.74. The van der Waals surface area contributed by atoms with E-state index in [4.69, 9.17) is 4.74 Å². The molecule has 0 aliphatic rings. The van der Waals surface area contributed by atoms with Crippen LogP contribution in [-0.4, -0.2) is 18.2 Å². The van der Waals surface area contributed by atoms with Gasteiger partial charge in [-0.3, -0.25) is 4.79 Å². The van der Waals surface area contributed by atoms with Crippen LogP contribution in [0.2, 0.25) is 0 Å². The van der Waals surface area contributed by atoms with Gasteiger partial charge in [0.15, 0.2) is 17.3 Å². The van der Waals surface area contributed by atoms with Crippen LogP contribution in [-0.2, 0) is 0 Å². The minimum Gasteiger partial charge on any atom is -0.494 e. The molecule has 0 aliphatic heterocycles. The largest absolute Gasteiger partial charge is 0.494 e. The average Bonchev–Trinajstić information content (AvgIpc) is 2.26. The predicted octanol–water partition coefficient (Wildman–Crippen LogP) is 3.19. The molecule has 0 amide bonds. The van der Waals surface area contributed by atoms with E-state index in [9.17, 15) is 9.18 Å². The standard InChI is InChI=1S/C11H12BrFO2/c1-15-11-7-8(4-5-9(11)13)10(14)3-2-6-12/h4-5,7H,2-3,6H2,1H3. The summed E-state index contributed by atoms with van der Waals surface area (Å²) >= 11 is 3.25. The zero-order chi connectivity index (χ0) is 11.3. The van der Waals surface area contributed by atoms with Crippen molar-refractivity contribution in [2.24, 2.45) is 0 Å². The summed E-state index contributed by atoms with van der Waals surface area (Å²) in [6.45, 7) is 0. The van der Waals surface area contributed by atoms with Gasteiger partial charge in [0.25, 0.3) is 0 Å². The lowest BCUT2D eigenvalue weighted by molar-refractivity contribution is 0.0981. The number of carbonyl (C=O) groups is 1. The van der Waals surface area contributed by atoms with Gasteiger partial charge in [0, 0.05) is 17.3 Å². The molecule has 4 heteroatoms.